The van der Waals surface area contributed by atoms with Gasteiger partial charge in [0, 0.05) is 6.20 Å². The number of hydrogen-bond donors (Lipinski definition) is 2. The zero-order valence-electron chi connectivity index (χ0n) is 6.74. The minimum Gasteiger partial charge on any atom is -0.391 e. The van der Waals surface area contributed by atoms with Crippen LogP contribution in [-0.4, -0.2) is 16.2 Å². The topological polar surface area (TPSA) is 59.1 Å². The molecule has 0 spiro atoms. The molecule has 1 heterocycles. The molecule has 2 atom stereocenters. The molecule has 3 N–H and O–H groups in total. The maximum Gasteiger partial charge on any atom is 0.106 e. The second-order valence-corrected chi connectivity index (χ2v) is 3.49. The number of aliphatic hydroxyl groups excluding tert-OH is 1. The Kier molecular flexibility index (Phi) is 3.20. The smallest absolute Gasteiger partial charge is 0.106 e. The quantitative estimate of drug-likeness (QED) is 0.752. The van der Waals surface area contributed by atoms with Crippen molar-refractivity contribution < 1.29 is 5.11 Å². The van der Waals surface area contributed by atoms with E-state index in [2.05, 4.69) is 20.9 Å². The van der Waals surface area contributed by atoms with Gasteiger partial charge in [-0.2, -0.15) is 0 Å². The molecule has 0 bridgehead atoms. The Morgan fingerprint density at radius 3 is 2.67 bits per heavy atom. The van der Waals surface area contributed by atoms with E-state index >= 15 is 0 Å². The van der Waals surface area contributed by atoms with Crippen molar-refractivity contribution in [3.05, 3.63) is 28.5 Å². The van der Waals surface area contributed by atoms with Gasteiger partial charge in [-0.1, -0.05) is 6.07 Å². The Bertz CT molecular complexity index is 248. The largest absolute Gasteiger partial charge is 0.391 e. The van der Waals surface area contributed by atoms with Crippen LogP contribution < -0.4 is 5.73 Å². The van der Waals surface area contributed by atoms with E-state index in [0.29, 0.717) is 0 Å². The fraction of sp³-hybridized carbons (Fsp3) is 0.375. The highest BCUT2D eigenvalue weighted by molar-refractivity contribution is 9.10. The fourth-order valence-electron chi connectivity index (χ4n) is 0.863. The molecule has 0 amide bonds. The van der Waals surface area contributed by atoms with Gasteiger partial charge in [-0.05, 0) is 34.5 Å². The van der Waals surface area contributed by atoms with Gasteiger partial charge >= 0.3 is 0 Å². The van der Waals surface area contributed by atoms with Gasteiger partial charge in [-0.3, -0.25) is 0 Å². The predicted molar refractivity (Wildman–Crippen MR) is 50.5 cm³/mol. The standard InChI is InChI=1S/C8H11BrN2O/c1-5(12)8(10)6-2-3-7(9)11-4-6/h2-5,8,12H,10H2,1H3/t5-,8+/m0/s1. The van der Waals surface area contributed by atoms with Gasteiger partial charge in [0.2, 0.25) is 0 Å². The maximum atomic E-state index is 9.18. The Labute approximate surface area is 79.7 Å². The summed E-state index contributed by atoms with van der Waals surface area (Å²) in [7, 11) is 0. The van der Waals surface area contributed by atoms with Crippen molar-refractivity contribution in [3.8, 4) is 0 Å². The molecule has 1 rings (SSSR count). The molecule has 0 saturated carbocycles. The first-order valence-electron chi connectivity index (χ1n) is 3.66. The van der Waals surface area contributed by atoms with E-state index in [9.17, 15) is 5.11 Å². The molecular formula is C8H11BrN2O. The first kappa shape index (κ1) is 9.64. The van der Waals surface area contributed by atoms with Crippen molar-refractivity contribution >= 4 is 15.9 Å². The highest BCUT2D eigenvalue weighted by atomic mass is 79.9. The molecule has 1 aromatic heterocycles. The van der Waals surface area contributed by atoms with Gasteiger partial charge in [-0.25, -0.2) is 4.98 Å². The number of nitrogens with zero attached hydrogens (tertiary/aromatic N) is 1. The van der Waals surface area contributed by atoms with E-state index in [1.54, 1.807) is 19.2 Å². The summed E-state index contributed by atoms with van der Waals surface area (Å²) in [6, 6.07) is 3.29. The van der Waals surface area contributed by atoms with E-state index in [0.717, 1.165) is 10.2 Å². The summed E-state index contributed by atoms with van der Waals surface area (Å²) in [4.78, 5) is 4.01. The third-order valence-corrected chi connectivity index (χ3v) is 2.12. The lowest BCUT2D eigenvalue weighted by atomic mass is 10.1. The Hall–Kier alpha value is -0.450. The van der Waals surface area contributed by atoms with Crippen LogP contribution in [0.3, 0.4) is 0 Å². The van der Waals surface area contributed by atoms with E-state index in [-0.39, 0.29) is 6.04 Å². The van der Waals surface area contributed by atoms with Gasteiger partial charge < -0.3 is 10.8 Å². The van der Waals surface area contributed by atoms with Crippen molar-refractivity contribution in [2.24, 2.45) is 5.73 Å². The molecule has 0 aromatic carbocycles. The number of aliphatic hydroxyl groups is 1. The number of pyridine rings is 1. The summed E-state index contributed by atoms with van der Waals surface area (Å²) in [6.07, 6.45) is 1.11. The summed E-state index contributed by atoms with van der Waals surface area (Å²) < 4.78 is 0.768. The Balaban J connectivity index is 2.82. The summed E-state index contributed by atoms with van der Waals surface area (Å²) in [5, 5.41) is 9.18. The van der Waals surface area contributed by atoms with Gasteiger partial charge in [0.05, 0.1) is 12.1 Å². The van der Waals surface area contributed by atoms with E-state index < -0.39 is 6.10 Å². The highest BCUT2D eigenvalue weighted by Gasteiger charge is 2.11. The van der Waals surface area contributed by atoms with E-state index in [1.165, 1.54) is 0 Å². The summed E-state index contributed by atoms with van der Waals surface area (Å²) in [6.45, 7) is 1.66. The minimum atomic E-state index is -0.548. The summed E-state index contributed by atoms with van der Waals surface area (Å²) in [5.41, 5.74) is 6.52. The summed E-state index contributed by atoms with van der Waals surface area (Å²) in [5.74, 6) is 0. The van der Waals surface area contributed by atoms with Gasteiger partial charge in [0.15, 0.2) is 0 Å². The third-order valence-electron chi connectivity index (χ3n) is 1.65. The second-order valence-electron chi connectivity index (χ2n) is 2.68. The molecule has 0 unspecified atom stereocenters. The van der Waals surface area contributed by atoms with Crippen molar-refractivity contribution in [1.82, 2.24) is 4.98 Å². The van der Waals surface area contributed by atoms with Crippen LogP contribution in [0.4, 0.5) is 0 Å². The average Bonchev–Trinajstić information content (AvgIpc) is 2.04. The zero-order chi connectivity index (χ0) is 9.14. The molecule has 0 saturated heterocycles. The van der Waals surface area contributed by atoms with Gasteiger partial charge in [0.1, 0.15) is 4.60 Å². The molecule has 1 aromatic rings. The lowest BCUT2D eigenvalue weighted by Crippen LogP contribution is -2.23. The average molecular weight is 231 g/mol. The van der Waals surface area contributed by atoms with Crippen molar-refractivity contribution in [2.75, 3.05) is 0 Å². The number of halogens is 1. The summed E-state index contributed by atoms with van der Waals surface area (Å²) >= 11 is 3.22. The molecule has 4 heteroatoms. The van der Waals surface area contributed by atoms with Crippen LogP contribution in [0.2, 0.25) is 0 Å². The SMILES string of the molecule is C[C@H](O)[C@@H](N)c1ccc(Br)nc1. The highest BCUT2D eigenvalue weighted by Crippen LogP contribution is 2.14. The zero-order valence-corrected chi connectivity index (χ0v) is 8.32. The maximum absolute atomic E-state index is 9.18. The Morgan fingerprint density at radius 1 is 1.58 bits per heavy atom. The first-order valence-corrected chi connectivity index (χ1v) is 4.45. The molecular weight excluding hydrogens is 220 g/mol. The van der Waals surface area contributed by atoms with Crippen LogP contribution in [0, 0.1) is 0 Å². The first-order chi connectivity index (χ1) is 5.61. The number of aromatic nitrogens is 1. The Morgan fingerprint density at radius 2 is 2.25 bits per heavy atom. The predicted octanol–water partition coefficient (Wildman–Crippen LogP) is 1.22. The minimum absolute atomic E-state index is 0.356. The normalized spacial score (nSPS) is 15.7. The third kappa shape index (κ3) is 2.27. The molecule has 0 aliphatic heterocycles. The number of hydrogen-bond acceptors (Lipinski definition) is 3. The van der Waals surface area contributed by atoms with Crippen LogP contribution in [0.25, 0.3) is 0 Å². The molecule has 66 valence electrons. The lowest BCUT2D eigenvalue weighted by Gasteiger charge is -2.13. The van der Waals surface area contributed by atoms with Crippen molar-refractivity contribution in [2.45, 2.75) is 19.1 Å². The molecule has 0 radical (unpaired) electrons. The second kappa shape index (κ2) is 3.98. The van der Waals surface area contributed by atoms with E-state index in [1.807, 2.05) is 6.07 Å². The monoisotopic (exact) mass is 230 g/mol. The van der Waals surface area contributed by atoms with Gasteiger partial charge in [-0.15, -0.1) is 0 Å². The van der Waals surface area contributed by atoms with Crippen LogP contribution >= 0.6 is 15.9 Å². The van der Waals surface area contributed by atoms with Crippen molar-refractivity contribution in [1.29, 1.82) is 0 Å². The van der Waals surface area contributed by atoms with E-state index in [4.69, 9.17) is 5.73 Å². The fourth-order valence-corrected chi connectivity index (χ4v) is 1.10. The van der Waals surface area contributed by atoms with Crippen LogP contribution in [0.15, 0.2) is 22.9 Å². The number of rotatable bonds is 2. The molecule has 0 aliphatic rings. The number of nitrogens with two attached hydrogens (primary N) is 1. The molecule has 3 nitrogen and oxygen atoms in total. The molecule has 0 fully saturated rings. The van der Waals surface area contributed by atoms with Crippen LogP contribution in [0.5, 0.6) is 0 Å². The van der Waals surface area contributed by atoms with Crippen LogP contribution in [0.1, 0.15) is 18.5 Å². The van der Waals surface area contributed by atoms with Crippen LogP contribution in [-0.2, 0) is 0 Å². The molecule has 0 aliphatic carbocycles. The molecule has 12 heavy (non-hydrogen) atoms. The van der Waals surface area contributed by atoms with Gasteiger partial charge in [0.25, 0.3) is 0 Å². The van der Waals surface area contributed by atoms with Crippen molar-refractivity contribution in [3.63, 3.8) is 0 Å². The lowest BCUT2D eigenvalue weighted by molar-refractivity contribution is 0.164.